The molecule has 0 spiro atoms. The van der Waals surface area contributed by atoms with Crippen LogP contribution in [0.15, 0.2) is 24.7 Å². The first-order valence-electron chi connectivity index (χ1n) is 4.88. The van der Waals surface area contributed by atoms with Crippen LogP contribution in [-0.4, -0.2) is 14.8 Å². The van der Waals surface area contributed by atoms with E-state index in [0.29, 0.717) is 6.54 Å². The molecule has 0 fully saturated rings. The summed E-state index contributed by atoms with van der Waals surface area (Å²) < 4.78 is 1.78. The van der Waals surface area contributed by atoms with Gasteiger partial charge < -0.3 is 5.73 Å². The Labute approximate surface area is 88.8 Å². The zero-order chi connectivity index (χ0) is 10.8. The number of nitrogens with zero attached hydrogens (tertiary/aromatic N) is 3. The van der Waals surface area contributed by atoms with Crippen LogP contribution < -0.4 is 5.73 Å². The third kappa shape index (κ3) is 1.89. The topological polar surface area (TPSA) is 56.7 Å². The maximum Gasteiger partial charge on any atom is 0.156 e. The molecule has 0 unspecified atom stereocenters. The van der Waals surface area contributed by atoms with Gasteiger partial charge in [0.15, 0.2) is 5.82 Å². The molecule has 0 atom stereocenters. The maximum atomic E-state index is 5.55. The third-order valence-electron chi connectivity index (χ3n) is 2.27. The Morgan fingerprint density at radius 1 is 1.33 bits per heavy atom. The van der Waals surface area contributed by atoms with E-state index < -0.39 is 0 Å². The lowest BCUT2D eigenvalue weighted by atomic mass is 10.2. The van der Waals surface area contributed by atoms with Crippen LogP contribution in [0.4, 0.5) is 0 Å². The number of hydrogen-bond acceptors (Lipinski definition) is 3. The molecular weight excluding hydrogens is 188 g/mol. The average molecular weight is 202 g/mol. The Morgan fingerprint density at radius 2 is 2.13 bits per heavy atom. The maximum absolute atomic E-state index is 5.55. The SMILES string of the molecule is Cc1cnn(-c2ncc(CN)cc2C)c1. The van der Waals surface area contributed by atoms with Gasteiger partial charge in [0.05, 0.1) is 6.20 Å². The first-order chi connectivity index (χ1) is 7.20. The lowest BCUT2D eigenvalue weighted by Gasteiger charge is -2.05. The average Bonchev–Trinajstić information content (AvgIpc) is 2.64. The highest BCUT2D eigenvalue weighted by molar-refractivity contribution is 5.34. The zero-order valence-electron chi connectivity index (χ0n) is 8.94. The summed E-state index contributed by atoms with van der Waals surface area (Å²) in [6.45, 7) is 4.54. The minimum atomic E-state index is 0.520. The van der Waals surface area contributed by atoms with Gasteiger partial charge in [-0.3, -0.25) is 0 Å². The second-order valence-corrected chi connectivity index (χ2v) is 3.65. The molecule has 0 aliphatic carbocycles. The van der Waals surface area contributed by atoms with Gasteiger partial charge in [0, 0.05) is 18.9 Å². The highest BCUT2D eigenvalue weighted by Crippen LogP contribution is 2.12. The van der Waals surface area contributed by atoms with Crippen LogP contribution in [0.5, 0.6) is 0 Å². The zero-order valence-corrected chi connectivity index (χ0v) is 8.94. The molecule has 0 radical (unpaired) electrons. The molecule has 2 heterocycles. The largest absolute Gasteiger partial charge is 0.326 e. The number of hydrogen-bond donors (Lipinski definition) is 1. The van der Waals surface area contributed by atoms with Gasteiger partial charge in [-0.05, 0) is 36.6 Å². The summed E-state index contributed by atoms with van der Waals surface area (Å²) in [5.74, 6) is 0.861. The van der Waals surface area contributed by atoms with Gasteiger partial charge in [0.2, 0.25) is 0 Å². The van der Waals surface area contributed by atoms with Gasteiger partial charge in [-0.15, -0.1) is 0 Å². The van der Waals surface area contributed by atoms with Gasteiger partial charge >= 0.3 is 0 Å². The number of pyridine rings is 1. The normalized spacial score (nSPS) is 10.6. The summed E-state index contributed by atoms with van der Waals surface area (Å²) in [6, 6.07) is 2.04. The minimum absolute atomic E-state index is 0.520. The molecule has 0 saturated carbocycles. The number of nitrogens with two attached hydrogens (primary N) is 1. The van der Waals surface area contributed by atoms with Crippen LogP contribution in [0.25, 0.3) is 5.82 Å². The molecular formula is C11H14N4. The summed E-state index contributed by atoms with van der Waals surface area (Å²) in [5, 5.41) is 4.23. The van der Waals surface area contributed by atoms with Crippen molar-refractivity contribution in [2.75, 3.05) is 0 Å². The Bertz CT molecular complexity index is 473. The lowest BCUT2D eigenvalue weighted by molar-refractivity contribution is 0.832. The van der Waals surface area contributed by atoms with E-state index in [2.05, 4.69) is 10.1 Å². The van der Waals surface area contributed by atoms with E-state index in [1.807, 2.05) is 32.3 Å². The van der Waals surface area contributed by atoms with Crippen molar-refractivity contribution in [1.29, 1.82) is 0 Å². The van der Waals surface area contributed by atoms with Crippen molar-refractivity contribution in [3.05, 3.63) is 41.3 Å². The van der Waals surface area contributed by atoms with E-state index in [-0.39, 0.29) is 0 Å². The Morgan fingerprint density at radius 3 is 2.67 bits per heavy atom. The summed E-state index contributed by atoms with van der Waals surface area (Å²) in [5.41, 5.74) is 8.80. The fourth-order valence-corrected chi connectivity index (χ4v) is 1.51. The summed E-state index contributed by atoms with van der Waals surface area (Å²) in [4.78, 5) is 4.35. The van der Waals surface area contributed by atoms with Crippen LogP contribution in [-0.2, 0) is 6.54 Å². The van der Waals surface area contributed by atoms with Crippen molar-refractivity contribution in [1.82, 2.24) is 14.8 Å². The molecule has 0 amide bonds. The molecule has 15 heavy (non-hydrogen) atoms. The van der Waals surface area contributed by atoms with Gasteiger partial charge in [-0.25, -0.2) is 9.67 Å². The lowest BCUT2D eigenvalue weighted by Crippen LogP contribution is -2.04. The van der Waals surface area contributed by atoms with E-state index in [1.54, 1.807) is 10.9 Å². The molecule has 2 rings (SSSR count). The van der Waals surface area contributed by atoms with Crippen molar-refractivity contribution in [2.24, 2.45) is 5.73 Å². The third-order valence-corrected chi connectivity index (χ3v) is 2.27. The number of aryl methyl sites for hydroxylation is 2. The van der Waals surface area contributed by atoms with Gasteiger partial charge in [0.1, 0.15) is 0 Å². The van der Waals surface area contributed by atoms with Crippen LogP contribution >= 0.6 is 0 Å². The fraction of sp³-hybridized carbons (Fsp3) is 0.273. The molecule has 2 aromatic rings. The van der Waals surface area contributed by atoms with Crippen molar-refractivity contribution in [2.45, 2.75) is 20.4 Å². The van der Waals surface area contributed by atoms with E-state index in [9.17, 15) is 0 Å². The van der Waals surface area contributed by atoms with Crippen molar-refractivity contribution >= 4 is 0 Å². The molecule has 0 saturated heterocycles. The first kappa shape index (κ1) is 9.86. The Hall–Kier alpha value is -1.68. The molecule has 0 aliphatic rings. The molecule has 0 aromatic carbocycles. The van der Waals surface area contributed by atoms with Crippen LogP contribution in [0, 0.1) is 13.8 Å². The first-order valence-corrected chi connectivity index (χ1v) is 4.88. The second kappa shape index (κ2) is 3.82. The number of aromatic nitrogens is 3. The minimum Gasteiger partial charge on any atom is -0.326 e. The van der Waals surface area contributed by atoms with E-state index in [1.165, 1.54) is 0 Å². The predicted molar refractivity (Wildman–Crippen MR) is 58.7 cm³/mol. The van der Waals surface area contributed by atoms with E-state index in [4.69, 9.17) is 5.73 Å². The molecule has 0 bridgehead atoms. The number of rotatable bonds is 2. The summed E-state index contributed by atoms with van der Waals surface area (Å²) in [7, 11) is 0. The smallest absolute Gasteiger partial charge is 0.156 e. The van der Waals surface area contributed by atoms with E-state index in [0.717, 1.165) is 22.5 Å². The highest BCUT2D eigenvalue weighted by atomic mass is 15.3. The summed E-state index contributed by atoms with van der Waals surface area (Å²) >= 11 is 0. The van der Waals surface area contributed by atoms with Crippen LogP contribution in [0.2, 0.25) is 0 Å². The standard InChI is InChI=1S/C11H14N4/c1-8-5-14-15(7-8)11-9(2)3-10(4-12)6-13-11/h3,5-7H,4,12H2,1-2H3. The Kier molecular flexibility index (Phi) is 2.51. The highest BCUT2D eigenvalue weighted by Gasteiger charge is 2.04. The Balaban J connectivity index is 2.45. The molecule has 2 aromatic heterocycles. The van der Waals surface area contributed by atoms with Crippen molar-refractivity contribution in [3.63, 3.8) is 0 Å². The molecule has 4 nitrogen and oxygen atoms in total. The molecule has 4 heteroatoms. The van der Waals surface area contributed by atoms with Gasteiger partial charge in [-0.1, -0.05) is 0 Å². The fourth-order valence-electron chi connectivity index (χ4n) is 1.51. The van der Waals surface area contributed by atoms with Crippen LogP contribution in [0.3, 0.4) is 0 Å². The van der Waals surface area contributed by atoms with Gasteiger partial charge in [0.25, 0.3) is 0 Å². The van der Waals surface area contributed by atoms with Crippen LogP contribution in [0.1, 0.15) is 16.7 Å². The monoisotopic (exact) mass is 202 g/mol. The second-order valence-electron chi connectivity index (χ2n) is 3.65. The predicted octanol–water partition coefficient (Wildman–Crippen LogP) is 1.34. The summed E-state index contributed by atoms with van der Waals surface area (Å²) in [6.07, 6.45) is 5.56. The van der Waals surface area contributed by atoms with Gasteiger partial charge in [-0.2, -0.15) is 5.10 Å². The van der Waals surface area contributed by atoms with Crippen molar-refractivity contribution in [3.8, 4) is 5.82 Å². The molecule has 78 valence electrons. The van der Waals surface area contributed by atoms with E-state index >= 15 is 0 Å². The quantitative estimate of drug-likeness (QED) is 0.799. The van der Waals surface area contributed by atoms with Crippen molar-refractivity contribution < 1.29 is 0 Å². The molecule has 2 N–H and O–H groups in total. The molecule has 0 aliphatic heterocycles.